The second-order valence-corrected chi connectivity index (χ2v) is 5.66. The van der Waals surface area contributed by atoms with E-state index in [-0.39, 0.29) is 18.6 Å². The summed E-state index contributed by atoms with van der Waals surface area (Å²) >= 11 is 0. The first kappa shape index (κ1) is 18.4. The summed E-state index contributed by atoms with van der Waals surface area (Å²) in [5.41, 5.74) is 1.41. The van der Waals surface area contributed by atoms with Gasteiger partial charge in [-0.05, 0) is 38.1 Å². The van der Waals surface area contributed by atoms with E-state index in [1.54, 1.807) is 6.08 Å². The molecule has 0 unspecified atom stereocenters. The SMILES string of the molecule is C=CCOc1ccccc1NCC(=O)Nc1ccccc1OC(C)C. The summed E-state index contributed by atoms with van der Waals surface area (Å²) in [4.78, 5) is 12.3. The number of anilines is 2. The molecule has 0 aromatic heterocycles. The van der Waals surface area contributed by atoms with Gasteiger partial charge in [-0.3, -0.25) is 4.79 Å². The lowest BCUT2D eigenvalue weighted by Crippen LogP contribution is -2.22. The van der Waals surface area contributed by atoms with Crippen LogP contribution in [0, 0.1) is 0 Å². The summed E-state index contributed by atoms with van der Waals surface area (Å²) in [6.07, 6.45) is 1.71. The molecule has 2 N–H and O–H groups in total. The Morgan fingerprint density at radius 2 is 1.72 bits per heavy atom. The molecule has 5 nitrogen and oxygen atoms in total. The number of carbonyl (C=O) groups is 1. The maximum absolute atomic E-state index is 12.3. The van der Waals surface area contributed by atoms with Crippen molar-refractivity contribution in [1.82, 2.24) is 0 Å². The van der Waals surface area contributed by atoms with Gasteiger partial charge in [0.2, 0.25) is 5.91 Å². The van der Waals surface area contributed by atoms with E-state index in [0.717, 1.165) is 5.69 Å². The minimum absolute atomic E-state index is 0.0325. The number of nitrogens with one attached hydrogen (secondary N) is 2. The van der Waals surface area contributed by atoms with E-state index < -0.39 is 0 Å². The van der Waals surface area contributed by atoms with Crippen LogP contribution in [0.3, 0.4) is 0 Å². The van der Waals surface area contributed by atoms with Crippen LogP contribution in [0.15, 0.2) is 61.2 Å². The summed E-state index contributed by atoms with van der Waals surface area (Å²) in [6, 6.07) is 14.8. The minimum atomic E-state index is -0.168. The van der Waals surface area contributed by atoms with Crippen LogP contribution in [-0.2, 0) is 4.79 Å². The molecule has 5 heteroatoms. The molecule has 0 fully saturated rings. The van der Waals surface area contributed by atoms with Crippen molar-refractivity contribution in [2.24, 2.45) is 0 Å². The molecule has 2 aromatic rings. The Morgan fingerprint density at radius 3 is 2.40 bits per heavy atom. The van der Waals surface area contributed by atoms with Gasteiger partial charge in [-0.25, -0.2) is 0 Å². The molecule has 0 heterocycles. The van der Waals surface area contributed by atoms with E-state index in [1.807, 2.05) is 62.4 Å². The number of ether oxygens (including phenoxy) is 2. The van der Waals surface area contributed by atoms with Crippen LogP contribution >= 0.6 is 0 Å². The predicted octanol–water partition coefficient (Wildman–Crippen LogP) is 4.09. The standard InChI is InChI=1S/C20H24N2O3/c1-4-13-24-18-11-7-5-9-16(18)21-14-20(23)22-17-10-6-8-12-19(17)25-15(2)3/h4-12,15,21H,1,13-14H2,2-3H3,(H,22,23). The lowest BCUT2D eigenvalue weighted by molar-refractivity contribution is -0.114. The number of amides is 1. The van der Waals surface area contributed by atoms with Crippen LogP contribution in [-0.4, -0.2) is 25.2 Å². The van der Waals surface area contributed by atoms with E-state index in [0.29, 0.717) is 23.8 Å². The van der Waals surface area contributed by atoms with Crippen molar-refractivity contribution in [2.75, 3.05) is 23.8 Å². The number of benzene rings is 2. The molecule has 0 saturated heterocycles. The molecule has 0 spiro atoms. The van der Waals surface area contributed by atoms with E-state index >= 15 is 0 Å². The third-order valence-electron chi connectivity index (χ3n) is 3.21. The van der Waals surface area contributed by atoms with Crippen LogP contribution in [0.2, 0.25) is 0 Å². The van der Waals surface area contributed by atoms with E-state index in [1.165, 1.54) is 0 Å². The maximum atomic E-state index is 12.3. The molecular formula is C20H24N2O3. The van der Waals surface area contributed by atoms with Crippen LogP contribution < -0.4 is 20.1 Å². The van der Waals surface area contributed by atoms with Crippen LogP contribution in [0.5, 0.6) is 11.5 Å². The Bertz CT molecular complexity index is 714. The topological polar surface area (TPSA) is 59.6 Å². The highest BCUT2D eigenvalue weighted by molar-refractivity contribution is 5.95. The van der Waals surface area contributed by atoms with Gasteiger partial charge in [0.1, 0.15) is 18.1 Å². The highest BCUT2D eigenvalue weighted by Gasteiger charge is 2.10. The molecule has 2 rings (SSSR count). The highest BCUT2D eigenvalue weighted by Crippen LogP contribution is 2.25. The highest BCUT2D eigenvalue weighted by atomic mass is 16.5. The summed E-state index contributed by atoms with van der Waals surface area (Å²) < 4.78 is 11.3. The number of para-hydroxylation sites is 4. The summed E-state index contributed by atoms with van der Waals surface area (Å²) in [7, 11) is 0. The van der Waals surface area contributed by atoms with E-state index in [2.05, 4.69) is 17.2 Å². The molecule has 132 valence electrons. The Labute approximate surface area is 148 Å². The molecule has 0 aliphatic rings. The fraction of sp³-hybridized carbons (Fsp3) is 0.250. The van der Waals surface area contributed by atoms with Crippen molar-refractivity contribution < 1.29 is 14.3 Å². The van der Waals surface area contributed by atoms with Gasteiger partial charge in [0, 0.05) is 0 Å². The van der Waals surface area contributed by atoms with E-state index in [4.69, 9.17) is 9.47 Å². The fourth-order valence-electron chi connectivity index (χ4n) is 2.18. The van der Waals surface area contributed by atoms with Crippen molar-refractivity contribution in [3.8, 4) is 11.5 Å². The summed E-state index contributed by atoms with van der Waals surface area (Å²) in [5, 5.41) is 5.96. The van der Waals surface area contributed by atoms with Crippen molar-refractivity contribution in [2.45, 2.75) is 20.0 Å². The van der Waals surface area contributed by atoms with Crippen LogP contribution in [0.25, 0.3) is 0 Å². The normalized spacial score (nSPS) is 10.2. The largest absolute Gasteiger partial charge is 0.489 e. The van der Waals surface area contributed by atoms with E-state index in [9.17, 15) is 4.79 Å². The predicted molar refractivity (Wildman–Crippen MR) is 101 cm³/mol. The zero-order valence-electron chi connectivity index (χ0n) is 14.6. The monoisotopic (exact) mass is 340 g/mol. The molecule has 1 amide bonds. The zero-order chi connectivity index (χ0) is 18.1. The average Bonchev–Trinajstić information content (AvgIpc) is 2.60. The molecule has 25 heavy (non-hydrogen) atoms. The van der Waals surface area contributed by atoms with Gasteiger partial charge >= 0.3 is 0 Å². The lowest BCUT2D eigenvalue weighted by Gasteiger charge is -2.15. The first-order chi connectivity index (χ1) is 12.1. The molecule has 0 aliphatic carbocycles. The third-order valence-corrected chi connectivity index (χ3v) is 3.21. The van der Waals surface area contributed by atoms with Crippen LogP contribution in [0.1, 0.15) is 13.8 Å². The average molecular weight is 340 g/mol. The Balaban J connectivity index is 1.97. The van der Waals surface area contributed by atoms with Crippen LogP contribution in [0.4, 0.5) is 11.4 Å². The van der Waals surface area contributed by atoms with Gasteiger partial charge in [0.25, 0.3) is 0 Å². The molecule has 2 aromatic carbocycles. The van der Waals surface area contributed by atoms with Crippen molar-refractivity contribution in [1.29, 1.82) is 0 Å². The van der Waals surface area contributed by atoms with Gasteiger partial charge in [-0.2, -0.15) is 0 Å². The lowest BCUT2D eigenvalue weighted by atomic mass is 10.2. The van der Waals surface area contributed by atoms with Crippen molar-refractivity contribution in [3.63, 3.8) is 0 Å². The molecular weight excluding hydrogens is 316 g/mol. The maximum Gasteiger partial charge on any atom is 0.243 e. The Kier molecular flexibility index (Phi) is 6.89. The summed E-state index contributed by atoms with van der Waals surface area (Å²) in [5.74, 6) is 1.16. The first-order valence-corrected chi connectivity index (χ1v) is 8.22. The smallest absolute Gasteiger partial charge is 0.243 e. The second-order valence-electron chi connectivity index (χ2n) is 5.66. The number of carbonyl (C=O) groups excluding carboxylic acids is 1. The van der Waals surface area contributed by atoms with Gasteiger partial charge in [0.15, 0.2) is 0 Å². The molecule has 0 saturated carbocycles. The third kappa shape index (κ3) is 5.88. The molecule has 0 atom stereocenters. The number of hydrogen-bond donors (Lipinski definition) is 2. The number of hydrogen-bond acceptors (Lipinski definition) is 4. The van der Waals surface area contributed by atoms with Gasteiger partial charge in [0.05, 0.1) is 24.0 Å². The minimum Gasteiger partial charge on any atom is -0.489 e. The fourth-order valence-corrected chi connectivity index (χ4v) is 2.18. The molecule has 0 radical (unpaired) electrons. The van der Waals surface area contributed by atoms with Crippen molar-refractivity contribution in [3.05, 3.63) is 61.2 Å². The molecule has 0 bridgehead atoms. The quantitative estimate of drug-likeness (QED) is 0.675. The van der Waals surface area contributed by atoms with Gasteiger partial charge in [-0.15, -0.1) is 0 Å². The first-order valence-electron chi connectivity index (χ1n) is 8.22. The number of rotatable bonds is 9. The summed E-state index contributed by atoms with van der Waals surface area (Å²) in [6.45, 7) is 8.05. The Hall–Kier alpha value is -2.95. The second kappa shape index (κ2) is 9.37. The molecule has 0 aliphatic heterocycles. The zero-order valence-corrected chi connectivity index (χ0v) is 14.6. The van der Waals surface area contributed by atoms with Gasteiger partial charge in [-0.1, -0.05) is 36.9 Å². The van der Waals surface area contributed by atoms with Crippen molar-refractivity contribution >= 4 is 17.3 Å². The Morgan fingerprint density at radius 1 is 1.08 bits per heavy atom. The van der Waals surface area contributed by atoms with Gasteiger partial charge < -0.3 is 20.1 Å².